The molecule has 0 bridgehead atoms. The Morgan fingerprint density at radius 3 is 2.50 bits per heavy atom. The van der Waals surface area contributed by atoms with Gasteiger partial charge in [0.15, 0.2) is 6.61 Å². The van der Waals surface area contributed by atoms with Crippen molar-refractivity contribution in [2.75, 3.05) is 18.5 Å². The van der Waals surface area contributed by atoms with E-state index in [2.05, 4.69) is 35.1 Å². The zero-order valence-corrected chi connectivity index (χ0v) is 17.7. The lowest BCUT2D eigenvalue weighted by atomic mass is 10.1. The minimum Gasteiger partial charge on any atom is -0.494 e. The summed E-state index contributed by atoms with van der Waals surface area (Å²) in [6, 6.07) is 19.2. The van der Waals surface area contributed by atoms with Crippen LogP contribution in [0.4, 0.5) is 5.69 Å². The van der Waals surface area contributed by atoms with Crippen molar-refractivity contribution in [1.82, 2.24) is 0 Å². The second-order valence-corrected chi connectivity index (χ2v) is 7.78. The van der Waals surface area contributed by atoms with Gasteiger partial charge in [0.1, 0.15) is 11.5 Å². The van der Waals surface area contributed by atoms with Crippen molar-refractivity contribution >= 4 is 38.3 Å². The summed E-state index contributed by atoms with van der Waals surface area (Å²) in [5.74, 6) is 1.84. The van der Waals surface area contributed by atoms with Crippen molar-refractivity contribution in [2.24, 2.45) is 5.92 Å². The van der Waals surface area contributed by atoms with E-state index in [0.717, 1.165) is 27.4 Å². The largest absolute Gasteiger partial charge is 0.494 e. The number of carbonyl (C=O) groups is 1. The van der Waals surface area contributed by atoms with Gasteiger partial charge in [-0.3, -0.25) is 4.79 Å². The molecule has 0 atom stereocenters. The van der Waals surface area contributed by atoms with Gasteiger partial charge in [0.25, 0.3) is 5.91 Å². The lowest BCUT2D eigenvalue weighted by Crippen LogP contribution is -2.20. The molecule has 0 unspecified atom stereocenters. The van der Waals surface area contributed by atoms with Gasteiger partial charge in [-0.25, -0.2) is 0 Å². The number of amides is 1. The van der Waals surface area contributed by atoms with E-state index >= 15 is 0 Å². The Hall–Kier alpha value is -2.53. The molecule has 3 rings (SSSR count). The van der Waals surface area contributed by atoms with Gasteiger partial charge < -0.3 is 14.8 Å². The van der Waals surface area contributed by atoms with Crippen LogP contribution in [0.5, 0.6) is 11.5 Å². The first-order valence-corrected chi connectivity index (χ1v) is 10.1. The molecule has 3 aromatic carbocycles. The van der Waals surface area contributed by atoms with Gasteiger partial charge in [-0.2, -0.15) is 0 Å². The van der Waals surface area contributed by atoms with Crippen molar-refractivity contribution in [2.45, 2.75) is 20.3 Å². The maximum absolute atomic E-state index is 12.2. The predicted octanol–water partition coefficient (Wildman–Crippen LogP) is 6.04. The Morgan fingerprint density at radius 1 is 1.00 bits per heavy atom. The molecular weight excluding hydrogens is 418 g/mol. The molecule has 1 amide bonds. The van der Waals surface area contributed by atoms with Crippen LogP contribution in [-0.4, -0.2) is 19.1 Å². The quantitative estimate of drug-likeness (QED) is 0.462. The fourth-order valence-electron chi connectivity index (χ4n) is 2.71. The van der Waals surface area contributed by atoms with Crippen LogP contribution in [0, 0.1) is 5.92 Å². The van der Waals surface area contributed by atoms with Crippen LogP contribution in [0.3, 0.4) is 0 Å². The minimum atomic E-state index is -0.214. The first kappa shape index (κ1) is 20.2. The number of hydrogen-bond donors (Lipinski definition) is 1. The van der Waals surface area contributed by atoms with Crippen molar-refractivity contribution in [3.63, 3.8) is 0 Å². The van der Waals surface area contributed by atoms with Gasteiger partial charge in [0.05, 0.1) is 11.1 Å². The van der Waals surface area contributed by atoms with E-state index in [0.29, 0.717) is 24.0 Å². The highest BCUT2D eigenvalue weighted by Gasteiger charge is 2.09. The van der Waals surface area contributed by atoms with Crippen LogP contribution in [0.1, 0.15) is 20.3 Å². The molecular formula is C23H24BrNO3. The summed E-state index contributed by atoms with van der Waals surface area (Å²) >= 11 is 3.57. The fraction of sp³-hybridized carbons (Fsp3) is 0.261. The number of nitrogens with one attached hydrogen (secondary N) is 1. The third-order valence-electron chi connectivity index (χ3n) is 4.29. The number of ether oxygens (including phenoxy) is 2. The Kier molecular flexibility index (Phi) is 6.93. The molecule has 0 radical (unpaired) electrons. The summed E-state index contributed by atoms with van der Waals surface area (Å²) in [5, 5.41) is 5.00. The maximum Gasteiger partial charge on any atom is 0.262 e. The fourth-order valence-corrected chi connectivity index (χ4v) is 3.32. The van der Waals surface area contributed by atoms with E-state index in [9.17, 15) is 4.79 Å². The highest BCUT2D eigenvalue weighted by molar-refractivity contribution is 9.10. The number of anilines is 1. The molecule has 0 aliphatic rings. The summed E-state index contributed by atoms with van der Waals surface area (Å²) in [7, 11) is 0. The first-order chi connectivity index (χ1) is 13.5. The van der Waals surface area contributed by atoms with Crippen LogP contribution in [0.25, 0.3) is 10.8 Å². The molecule has 0 aromatic heterocycles. The summed E-state index contributed by atoms with van der Waals surface area (Å²) in [6.45, 7) is 4.96. The van der Waals surface area contributed by atoms with Gasteiger partial charge in [-0.1, -0.05) is 44.2 Å². The predicted molar refractivity (Wildman–Crippen MR) is 117 cm³/mol. The average Bonchev–Trinajstić information content (AvgIpc) is 2.69. The molecule has 0 fully saturated rings. The van der Waals surface area contributed by atoms with Crippen LogP contribution in [0.15, 0.2) is 65.1 Å². The molecule has 5 heteroatoms. The number of fused-ring (bicyclic) bond motifs is 1. The van der Waals surface area contributed by atoms with E-state index in [-0.39, 0.29) is 12.5 Å². The standard InChI is InChI=1S/C23H24BrNO3/c1-16(2)13-14-27-19-10-8-18(9-11-19)25-22(26)15-28-21-12-7-17-5-3-4-6-20(17)23(21)24/h3-12,16H,13-15H2,1-2H3,(H,25,26). The Morgan fingerprint density at radius 2 is 1.75 bits per heavy atom. The van der Waals surface area contributed by atoms with E-state index < -0.39 is 0 Å². The maximum atomic E-state index is 12.2. The number of carbonyl (C=O) groups excluding carboxylic acids is 1. The SMILES string of the molecule is CC(C)CCOc1ccc(NC(=O)COc2ccc3ccccc3c2Br)cc1. The molecule has 3 aromatic rings. The van der Waals surface area contributed by atoms with Crippen molar-refractivity contribution < 1.29 is 14.3 Å². The molecule has 146 valence electrons. The number of halogens is 1. The van der Waals surface area contributed by atoms with Gasteiger partial charge >= 0.3 is 0 Å². The first-order valence-electron chi connectivity index (χ1n) is 9.35. The summed E-state index contributed by atoms with van der Waals surface area (Å²) < 4.78 is 12.2. The molecule has 0 saturated heterocycles. The summed E-state index contributed by atoms with van der Waals surface area (Å²) in [5.41, 5.74) is 0.711. The van der Waals surface area contributed by atoms with Crippen LogP contribution in [-0.2, 0) is 4.79 Å². The second kappa shape index (κ2) is 9.60. The number of benzene rings is 3. The molecule has 1 N–H and O–H groups in total. The minimum absolute atomic E-state index is 0.0659. The van der Waals surface area contributed by atoms with Gasteiger partial charge in [-0.05, 0) is 69.4 Å². The van der Waals surface area contributed by atoms with Crippen LogP contribution in [0.2, 0.25) is 0 Å². The number of rotatable bonds is 8. The Bertz CT molecular complexity index is 938. The molecule has 4 nitrogen and oxygen atoms in total. The van der Waals surface area contributed by atoms with Crippen LogP contribution >= 0.6 is 15.9 Å². The highest BCUT2D eigenvalue weighted by atomic mass is 79.9. The topological polar surface area (TPSA) is 47.6 Å². The van der Waals surface area contributed by atoms with Gasteiger partial charge in [0.2, 0.25) is 0 Å². The van der Waals surface area contributed by atoms with Crippen molar-refractivity contribution in [3.05, 3.63) is 65.1 Å². The summed E-state index contributed by atoms with van der Waals surface area (Å²) in [6.07, 6.45) is 1.01. The molecule has 0 aliphatic carbocycles. The molecule has 0 heterocycles. The van der Waals surface area contributed by atoms with E-state index in [4.69, 9.17) is 9.47 Å². The van der Waals surface area contributed by atoms with E-state index in [1.807, 2.05) is 60.7 Å². The van der Waals surface area contributed by atoms with Gasteiger partial charge in [-0.15, -0.1) is 0 Å². The molecule has 28 heavy (non-hydrogen) atoms. The average molecular weight is 442 g/mol. The second-order valence-electron chi connectivity index (χ2n) is 6.99. The monoisotopic (exact) mass is 441 g/mol. The normalized spacial score (nSPS) is 10.9. The zero-order chi connectivity index (χ0) is 19.9. The lowest BCUT2D eigenvalue weighted by Gasteiger charge is -2.11. The smallest absolute Gasteiger partial charge is 0.262 e. The summed E-state index contributed by atoms with van der Waals surface area (Å²) in [4.78, 5) is 12.2. The lowest BCUT2D eigenvalue weighted by molar-refractivity contribution is -0.118. The third kappa shape index (κ3) is 5.49. The third-order valence-corrected chi connectivity index (χ3v) is 5.11. The molecule has 0 saturated carbocycles. The highest BCUT2D eigenvalue weighted by Crippen LogP contribution is 2.33. The Labute approximate surface area is 174 Å². The van der Waals surface area contributed by atoms with Gasteiger partial charge in [0, 0.05) is 5.69 Å². The van der Waals surface area contributed by atoms with Crippen molar-refractivity contribution in [1.29, 1.82) is 0 Å². The van der Waals surface area contributed by atoms with Crippen LogP contribution < -0.4 is 14.8 Å². The number of hydrogen-bond acceptors (Lipinski definition) is 3. The molecule has 0 aliphatic heterocycles. The van der Waals surface area contributed by atoms with E-state index in [1.54, 1.807) is 0 Å². The Balaban J connectivity index is 1.52. The molecule has 0 spiro atoms. The zero-order valence-electron chi connectivity index (χ0n) is 16.1. The van der Waals surface area contributed by atoms with Crippen molar-refractivity contribution in [3.8, 4) is 11.5 Å². The van der Waals surface area contributed by atoms with E-state index in [1.165, 1.54) is 0 Å².